The van der Waals surface area contributed by atoms with Crippen LogP contribution in [0.25, 0.3) is 11.0 Å². The van der Waals surface area contributed by atoms with E-state index in [1.807, 2.05) is 23.8 Å². The molecule has 2 aromatic heterocycles. The zero-order valence-corrected chi connectivity index (χ0v) is 25.1. The monoisotopic (exact) mass is 874 g/mol. The summed E-state index contributed by atoms with van der Waals surface area (Å²) < 4.78 is 15.9. The normalized spacial score (nSPS) is 9.00. The van der Waals surface area contributed by atoms with Gasteiger partial charge in [-0.2, -0.15) is 9.65 Å². The minimum absolute atomic E-state index is 0. The Labute approximate surface area is 222 Å². The molecule has 0 bridgehead atoms. The molecule has 0 spiro atoms. The fourth-order valence-electron chi connectivity index (χ4n) is 2.31. The van der Waals surface area contributed by atoms with Crippen molar-refractivity contribution in [1.82, 2.24) is 14.5 Å². The van der Waals surface area contributed by atoms with Crippen LogP contribution < -0.4 is 10.6 Å². The van der Waals surface area contributed by atoms with E-state index in [0.717, 1.165) is 5.52 Å². The molecule has 2 radical (unpaired) electrons. The smallest absolute Gasteiger partial charge is 0.238 e. The van der Waals surface area contributed by atoms with Crippen molar-refractivity contribution >= 4 is 28.1 Å². The van der Waals surface area contributed by atoms with Crippen LogP contribution >= 0.6 is 0 Å². The van der Waals surface area contributed by atoms with Crippen LogP contribution in [0.5, 0.6) is 0 Å². The average molecular weight is 874 g/mol. The van der Waals surface area contributed by atoms with Crippen molar-refractivity contribution in [2.24, 2.45) is 7.05 Å². The predicted molar refractivity (Wildman–Crippen MR) is 82.1 cm³/mol. The second-order valence-electron chi connectivity index (χ2n) is 4.94. The molecule has 6 nitrogen and oxygen atoms in total. The summed E-state index contributed by atoms with van der Waals surface area (Å²) in [6, 6.07) is 8.40. The molecule has 0 unspecified atom stereocenters. The van der Waals surface area contributed by atoms with Crippen LogP contribution in [0.2, 0.25) is 0 Å². The topological polar surface area (TPSA) is 83.8 Å². The number of aryl methyl sites for hydroxylation is 1. The minimum atomic E-state index is -0.703. The van der Waals surface area contributed by atoms with Crippen LogP contribution in [-0.2, 0) is 44.2 Å². The molecule has 26 heavy (non-hydrogen) atoms. The van der Waals surface area contributed by atoms with Crippen molar-refractivity contribution in [2.45, 2.75) is 0 Å². The van der Waals surface area contributed by atoms with E-state index in [0.29, 0.717) is 16.9 Å². The van der Waals surface area contributed by atoms with Gasteiger partial charge in [0.05, 0.1) is 23.2 Å². The van der Waals surface area contributed by atoms with Gasteiger partial charge >= 0.3 is 0 Å². The summed E-state index contributed by atoms with van der Waals surface area (Å²) in [7, 11) is 3.57. The third-order valence-corrected chi connectivity index (χ3v) is 3.54. The summed E-state index contributed by atoms with van der Waals surface area (Å²) in [4.78, 5) is 9.47. The van der Waals surface area contributed by atoms with Crippen molar-refractivity contribution in [3.05, 3.63) is 42.2 Å². The molecule has 11 heteroatoms. The van der Waals surface area contributed by atoms with Crippen molar-refractivity contribution in [3.8, 4) is 6.07 Å². The van der Waals surface area contributed by atoms with Gasteiger partial charge in [0.2, 0.25) is 5.95 Å². The summed E-state index contributed by atoms with van der Waals surface area (Å²) in [6.45, 7) is 0. The second-order valence-corrected chi connectivity index (χ2v) is 4.94. The van der Waals surface area contributed by atoms with Crippen molar-refractivity contribution in [3.63, 3.8) is 0 Å². The van der Waals surface area contributed by atoms with Crippen molar-refractivity contribution in [2.75, 3.05) is 17.7 Å². The van der Waals surface area contributed by atoms with E-state index >= 15 is 0 Å². The van der Waals surface area contributed by atoms with Gasteiger partial charge in [-0.05, 0) is 24.3 Å². The summed E-state index contributed by atoms with van der Waals surface area (Å²) in [6.07, 6.45) is 1.68. The van der Waals surface area contributed by atoms with Gasteiger partial charge in [-0.25, -0.2) is 9.97 Å². The number of fused-ring (bicyclic) bond motifs is 1. The van der Waals surface area contributed by atoms with Crippen LogP contribution in [0.1, 0.15) is 5.69 Å². The SMILES string of the molecule is CN(c1cc(N)c2ncn(C)c2c1)c1ccc(C#N)nc1F.[U].[U].[V].[V]. The molecule has 0 fully saturated rings. The first-order chi connectivity index (χ1) is 10.5. The quantitative estimate of drug-likeness (QED) is 0.316. The van der Waals surface area contributed by atoms with Crippen molar-refractivity contribution < 1.29 is 104 Å². The van der Waals surface area contributed by atoms with Crippen LogP contribution in [0.4, 0.5) is 21.5 Å². The molecule has 0 aliphatic rings. The Bertz CT molecular complexity index is 928. The molecule has 0 saturated carbocycles. The molecule has 0 aliphatic carbocycles. The maximum absolute atomic E-state index is 14.1. The number of anilines is 3. The van der Waals surface area contributed by atoms with Crippen LogP contribution in [0.15, 0.2) is 30.6 Å². The van der Waals surface area contributed by atoms with E-state index in [1.165, 1.54) is 12.1 Å². The van der Waals surface area contributed by atoms with Gasteiger partial charge in [-0.3, -0.25) is 0 Å². The van der Waals surface area contributed by atoms with E-state index in [-0.39, 0.29) is 111 Å². The fraction of sp³-hybridized carbons (Fsp3) is 0.133. The molecule has 3 aromatic rings. The molecule has 0 saturated heterocycles. The molecule has 1 aromatic carbocycles. The number of nitriles is 1. The predicted octanol–water partition coefficient (Wildman–Crippen LogP) is 2.32. The van der Waals surface area contributed by atoms with Crippen LogP contribution in [-0.4, -0.2) is 21.6 Å². The molecule has 2 heterocycles. The molecule has 2 N–H and O–H groups in total. The van der Waals surface area contributed by atoms with Crippen LogP contribution in [0.3, 0.4) is 0 Å². The molecular weight excluding hydrogens is 861 g/mol. The number of hydrogen-bond donors (Lipinski definition) is 1. The van der Waals surface area contributed by atoms with Gasteiger partial charge in [0, 0.05) is 119 Å². The van der Waals surface area contributed by atoms with Gasteiger partial charge < -0.3 is 15.2 Å². The van der Waals surface area contributed by atoms with Gasteiger partial charge in [0.15, 0.2) is 0 Å². The number of imidazole rings is 1. The maximum Gasteiger partial charge on any atom is 0.238 e. The van der Waals surface area contributed by atoms with Gasteiger partial charge in [-0.1, -0.05) is 0 Å². The van der Waals surface area contributed by atoms with Crippen LogP contribution in [0, 0.1) is 79.5 Å². The number of halogens is 1. The second kappa shape index (κ2) is 11.9. The number of benzene rings is 1. The summed E-state index contributed by atoms with van der Waals surface area (Å²) >= 11 is 0. The molecule has 128 valence electrons. The number of hydrogen-bond acceptors (Lipinski definition) is 5. The zero-order chi connectivity index (χ0) is 15.9. The zero-order valence-electron chi connectivity index (χ0n) is 14.0. The largest absolute Gasteiger partial charge is 0.397 e. The molecule has 0 amide bonds. The van der Waals surface area contributed by atoms with Crippen molar-refractivity contribution in [1.29, 1.82) is 5.26 Å². The molecule has 0 aliphatic heterocycles. The van der Waals surface area contributed by atoms with Gasteiger partial charge in [-0.15, -0.1) is 0 Å². The summed E-state index contributed by atoms with van der Waals surface area (Å²) in [5.41, 5.74) is 9.10. The Morgan fingerprint density at radius 1 is 1.23 bits per heavy atom. The Balaban J connectivity index is 0. The summed E-state index contributed by atoms with van der Waals surface area (Å²) in [5.74, 6) is -0.703. The Morgan fingerprint density at radius 3 is 2.46 bits per heavy atom. The number of rotatable bonds is 2. The third kappa shape index (κ3) is 5.57. The minimum Gasteiger partial charge on any atom is -0.397 e. The average Bonchev–Trinajstić information content (AvgIpc) is 2.88. The van der Waals surface area contributed by atoms with E-state index in [1.54, 1.807) is 24.3 Å². The number of nitrogens with zero attached hydrogens (tertiary/aromatic N) is 5. The first-order valence-electron chi connectivity index (χ1n) is 6.52. The maximum atomic E-state index is 14.1. The fourth-order valence-corrected chi connectivity index (χ4v) is 2.31. The van der Waals surface area contributed by atoms with Gasteiger partial charge in [0.1, 0.15) is 17.3 Å². The molecular formula is C15H13FN6U2V2. The van der Waals surface area contributed by atoms with E-state index < -0.39 is 5.95 Å². The Morgan fingerprint density at radius 2 is 1.88 bits per heavy atom. The molecule has 3 rings (SSSR count). The Kier molecular flexibility index (Phi) is 12.9. The number of nitrogen functional groups attached to an aromatic ring is 1. The molecule has 0 atom stereocenters. The Hall–Kier alpha value is 0.133. The number of pyridine rings is 1. The first-order valence-corrected chi connectivity index (χ1v) is 6.52. The third-order valence-electron chi connectivity index (χ3n) is 3.54. The van der Waals surface area contributed by atoms with E-state index in [4.69, 9.17) is 11.0 Å². The van der Waals surface area contributed by atoms with E-state index in [2.05, 4.69) is 9.97 Å². The van der Waals surface area contributed by atoms with E-state index in [9.17, 15) is 4.39 Å². The van der Waals surface area contributed by atoms with Gasteiger partial charge in [0.25, 0.3) is 0 Å². The standard InChI is InChI=1S/C15H13FN6.2U.2V/c1-21-8-19-14-11(18)5-10(6-13(14)21)22(2)12-4-3-9(7-17)20-15(12)16;;;;/h3-6,8H,18H2,1-2H3;;;;. The number of nitrogens with two attached hydrogens (primary N) is 1. The number of aromatic nitrogens is 3. The first kappa shape index (κ1) is 28.3. The summed E-state index contributed by atoms with van der Waals surface area (Å²) in [5, 5.41) is 8.75.